The van der Waals surface area contributed by atoms with Crippen LogP contribution in [0.25, 0.3) is 0 Å². The Labute approximate surface area is 98.6 Å². The normalized spacial score (nSPS) is 11.9. The summed E-state index contributed by atoms with van der Waals surface area (Å²) in [4.78, 5) is 30.6. The highest BCUT2D eigenvalue weighted by molar-refractivity contribution is 5.96. The lowest BCUT2D eigenvalue weighted by molar-refractivity contribution is 0.0947. The van der Waals surface area contributed by atoms with Crippen LogP contribution in [0.1, 0.15) is 40.7 Å². The minimum Gasteiger partial charge on any atom is -0.327 e. The van der Waals surface area contributed by atoms with Gasteiger partial charge in [0.1, 0.15) is 11.4 Å². The van der Waals surface area contributed by atoms with Gasteiger partial charge in [0.25, 0.3) is 5.91 Å². The molecule has 92 valence electrons. The van der Waals surface area contributed by atoms with Crippen molar-refractivity contribution in [2.45, 2.75) is 25.8 Å². The van der Waals surface area contributed by atoms with Gasteiger partial charge in [0, 0.05) is 12.5 Å². The average molecular weight is 237 g/mol. The van der Waals surface area contributed by atoms with Gasteiger partial charge in [-0.05, 0) is 6.42 Å². The van der Waals surface area contributed by atoms with E-state index in [0.29, 0.717) is 6.42 Å². The number of hydrogen-bond acceptors (Lipinski definition) is 6. The van der Waals surface area contributed by atoms with E-state index in [9.17, 15) is 9.59 Å². The molecule has 0 aliphatic carbocycles. The molecular weight excluding hydrogens is 222 g/mol. The summed E-state index contributed by atoms with van der Waals surface area (Å²) in [6.45, 7) is 1.89. The maximum absolute atomic E-state index is 11.7. The van der Waals surface area contributed by atoms with Crippen LogP contribution in [-0.2, 0) is 0 Å². The van der Waals surface area contributed by atoms with Gasteiger partial charge in [-0.3, -0.25) is 20.0 Å². The Kier molecular flexibility index (Phi) is 4.68. The van der Waals surface area contributed by atoms with Crippen molar-refractivity contribution in [1.29, 1.82) is 0 Å². The maximum Gasteiger partial charge on any atom is 0.285 e. The van der Waals surface area contributed by atoms with E-state index in [4.69, 9.17) is 11.6 Å². The molecule has 7 heteroatoms. The molecule has 1 aromatic heterocycles. The predicted molar refractivity (Wildman–Crippen MR) is 60.9 cm³/mol. The molecule has 0 aliphatic rings. The lowest BCUT2D eigenvalue weighted by atomic mass is 10.1. The minimum absolute atomic E-state index is 0.00317. The molecule has 0 aromatic carbocycles. The fourth-order valence-electron chi connectivity index (χ4n) is 1.17. The first kappa shape index (κ1) is 13.2. The summed E-state index contributed by atoms with van der Waals surface area (Å²) in [5.74, 6) is 4.13. The first-order valence-corrected chi connectivity index (χ1v) is 5.20. The van der Waals surface area contributed by atoms with Crippen molar-refractivity contribution in [3.05, 3.63) is 23.8 Å². The monoisotopic (exact) mass is 237 g/mol. The standard InChI is InChI=1S/C10H15N5O2/c1-2-6(11)3-9(16)7-4-13-5-8(14-7)10(17)15-12/h4-6H,2-3,11-12H2,1H3,(H,15,17). The SMILES string of the molecule is CCC(N)CC(=O)c1cncc(C(=O)NN)n1. The number of nitrogens with zero attached hydrogens (tertiary/aromatic N) is 2. The number of hydrazine groups is 1. The molecule has 0 bridgehead atoms. The third-order valence-corrected chi connectivity index (χ3v) is 2.26. The number of amides is 1. The fourth-order valence-corrected chi connectivity index (χ4v) is 1.17. The molecule has 0 aliphatic heterocycles. The molecule has 17 heavy (non-hydrogen) atoms. The summed E-state index contributed by atoms with van der Waals surface area (Å²) < 4.78 is 0. The van der Waals surface area contributed by atoms with Gasteiger partial charge in [-0.1, -0.05) is 6.92 Å². The molecule has 0 saturated heterocycles. The van der Waals surface area contributed by atoms with Crippen molar-refractivity contribution < 1.29 is 9.59 Å². The first-order valence-electron chi connectivity index (χ1n) is 5.20. The number of ketones is 1. The smallest absolute Gasteiger partial charge is 0.285 e. The van der Waals surface area contributed by atoms with Crippen LogP contribution in [0.15, 0.2) is 12.4 Å². The molecule has 0 saturated carbocycles. The van der Waals surface area contributed by atoms with Gasteiger partial charge in [0.2, 0.25) is 0 Å². The summed E-state index contributed by atoms with van der Waals surface area (Å²) in [6, 6.07) is -0.212. The van der Waals surface area contributed by atoms with Gasteiger partial charge < -0.3 is 5.73 Å². The van der Waals surface area contributed by atoms with E-state index in [-0.39, 0.29) is 29.6 Å². The first-order chi connectivity index (χ1) is 8.08. The predicted octanol–water partition coefficient (Wildman–Crippen LogP) is -0.610. The molecule has 0 spiro atoms. The van der Waals surface area contributed by atoms with Gasteiger partial charge in [0.15, 0.2) is 5.78 Å². The zero-order valence-corrected chi connectivity index (χ0v) is 9.51. The number of carbonyl (C=O) groups is 2. The maximum atomic E-state index is 11.7. The van der Waals surface area contributed by atoms with Gasteiger partial charge in [-0.15, -0.1) is 0 Å². The molecule has 5 N–H and O–H groups in total. The third-order valence-electron chi connectivity index (χ3n) is 2.26. The summed E-state index contributed by atoms with van der Waals surface area (Å²) in [5.41, 5.74) is 7.71. The number of rotatable bonds is 5. The molecule has 1 aromatic rings. The van der Waals surface area contributed by atoms with Crippen LogP contribution in [0, 0.1) is 0 Å². The Morgan fingerprint density at radius 1 is 1.41 bits per heavy atom. The van der Waals surface area contributed by atoms with Gasteiger partial charge in [-0.2, -0.15) is 0 Å². The van der Waals surface area contributed by atoms with E-state index in [1.165, 1.54) is 12.4 Å². The third kappa shape index (κ3) is 3.58. The van der Waals surface area contributed by atoms with E-state index < -0.39 is 5.91 Å². The van der Waals surface area contributed by atoms with E-state index >= 15 is 0 Å². The minimum atomic E-state index is -0.591. The Morgan fingerprint density at radius 2 is 2.06 bits per heavy atom. The van der Waals surface area contributed by atoms with E-state index in [0.717, 1.165) is 0 Å². The number of Topliss-reactive ketones (excluding diaryl/α,β-unsaturated/α-hetero) is 1. The van der Waals surface area contributed by atoms with Gasteiger partial charge in [0.05, 0.1) is 12.4 Å². The van der Waals surface area contributed by atoms with Crippen molar-refractivity contribution in [2.75, 3.05) is 0 Å². The zero-order valence-electron chi connectivity index (χ0n) is 9.51. The second-order valence-electron chi connectivity index (χ2n) is 3.56. The van der Waals surface area contributed by atoms with Crippen molar-refractivity contribution in [1.82, 2.24) is 15.4 Å². The Hall–Kier alpha value is -1.86. The van der Waals surface area contributed by atoms with E-state index in [1.54, 1.807) is 0 Å². The Morgan fingerprint density at radius 3 is 2.65 bits per heavy atom. The van der Waals surface area contributed by atoms with Gasteiger partial charge >= 0.3 is 0 Å². The molecular formula is C10H15N5O2. The van der Waals surface area contributed by atoms with Crippen LogP contribution >= 0.6 is 0 Å². The van der Waals surface area contributed by atoms with Gasteiger partial charge in [-0.25, -0.2) is 10.8 Å². The second kappa shape index (κ2) is 6.02. The lowest BCUT2D eigenvalue weighted by Gasteiger charge is -2.07. The zero-order chi connectivity index (χ0) is 12.8. The van der Waals surface area contributed by atoms with Crippen LogP contribution in [0.2, 0.25) is 0 Å². The topological polar surface area (TPSA) is 124 Å². The molecule has 0 radical (unpaired) electrons. The molecule has 7 nitrogen and oxygen atoms in total. The highest BCUT2D eigenvalue weighted by Gasteiger charge is 2.14. The molecule has 0 fully saturated rings. The summed E-state index contributed by atoms with van der Waals surface area (Å²) in [5, 5.41) is 0. The van der Waals surface area contributed by atoms with Crippen molar-refractivity contribution >= 4 is 11.7 Å². The average Bonchev–Trinajstić information content (AvgIpc) is 2.37. The summed E-state index contributed by atoms with van der Waals surface area (Å²) in [7, 11) is 0. The number of nitrogens with one attached hydrogen (secondary N) is 1. The lowest BCUT2D eigenvalue weighted by Crippen LogP contribution is -2.31. The highest BCUT2D eigenvalue weighted by Crippen LogP contribution is 2.04. The quantitative estimate of drug-likeness (QED) is 0.271. The van der Waals surface area contributed by atoms with Crippen LogP contribution < -0.4 is 17.0 Å². The van der Waals surface area contributed by atoms with E-state index in [2.05, 4.69) is 9.97 Å². The Balaban J connectivity index is 2.84. The molecule has 1 heterocycles. The fraction of sp³-hybridized carbons (Fsp3) is 0.400. The van der Waals surface area contributed by atoms with Crippen molar-refractivity contribution in [3.8, 4) is 0 Å². The molecule has 1 rings (SSSR count). The van der Waals surface area contributed by atoms with E-state index in [1.807, 2.05) is 12.3 Å². The molecule has 1 atom stereocenters. The van der Waals surface area contributed by atoms with Crippen LogP contribution in [0.3, 0.4) is 0 Å². The number of aromatic nitrogens is 2. The molecule has 1 unspecified atom stereocenters. The number of hydrogen-bond donors (Lipinski definition) is 3. The van der Waals surface area contributed by atoms with Crippen molar-refractivity contribution in [3.63, 3.8) is 0 Å². The summed E-state index contributed by atoms with van der Waals surface area (Å²) in [6.07, 6.45) is 3.41. The number of nitrogens with two attached hydrogens (primary N) is 2. The van der Waals surface area contributed by atoms with Crippen molar-refractivity contribution in [2.24, 2.45) is 11.6 Å². The van der Waals surface area contributed by atoms with Crippen LogP contribution in [0.5, 0.6) is 0 Å². The number of nitrogen functional groups attached to an aromatic ring is 1. The van der Waals surface area contributed by atoms with Crippen LogP contribution in [0.4, 0.5) is 0 Å². The highest BCUT2D eigenvalue weighted by atomic mass is 16.2. The Bertz CT molecular complexity index is 421. The van der Waals surface area contributed by atoms with Crippen LogP contribution in [-0.4, -0.2) is 27.7 Å². The largest absolute Gasteiger partial charge is 0.327 e. The molecule has 1 amide bonds. The summed E-state index contributed by atoms with van der Waals surface area (Å²) >= 11 is 0. The second-order valence-corrected chi connectivity index (χ2v) is 3.56. The number of carbonyl (C=O) groups excluding carboxylic acids is 2.